The average Bonchev–Trinajstić information content (AvgIpc) is 2.78. The molecule has 2 aromatic rings. The quantitative estimate of drug-likeness (QED) is 0.649. The zero-order valence-electron chi connectivity index (χ0n) is 18.4. The Balaban J connectivity index is 1.64. The van der Waals surface area contributed by atoms with Crippen molar-refractivity contribution in [1.82, 2.24) is 9.97 Å². The molecule has 1 aromatic carbocycles. The molecule has 3 heterocycles. The number of benzene rings is 1. The smallest absolute Gasteiger partial charge is 0.258 e. The number of carbonyl (C=O) groups is 2. The van der Waals surface area contributed by atoms with Crippen molar-refractivity contribution in [1.29, 1.82) is 0 Å². The summed E-state index contributed by atoms with van der Waals surface area (Å²) in [5.74, 6) is 0.279. The van der Waals surface area contributed by atoms with Crippen LogP contribution < -0.4 is 30.6 Å². The fraction of sp³-hybridized carbons (Fsp3) is 0.455. The van der Waals surface area contributed by atoms with Crippen molar-refractivity contribution in [2.45, 2.75) is 32.1 Å². The molecule has 1 unspecified atom stereocenters. The van der Waals surface area contributed by atoms with E-state index in [9.17, 15) is 14.4 Å². The lowest BCUT2D eigenvalue weighted by Gasteiger charge is -2.31. The van der Waals surface area contributed by atoms with Crippen LogP contribution in [0.25, 0.3) is 0 Å². The highest BCUT2D eigenvalue weighted by atomic mass is 16.5. The number of rotatable bonds is 5. The van der Waals surface area contributed by atoms with Crippen molar-refractivity contribution >= 4 is 29.3 Å². The van der Waals surface area contributed by atoms with Crippen molar-refractivity contribution in [3.63, 3.8) is 0 Å². The lowest BCUT2D eigenvalue weighted by molar-refractivity contribution is -0.123. The predicted octanol–water partition coefficient (Wildman–Crippen LogP) is 2.09. The van der Waals surface area contributed by atoms with Gasteiger partial charge in [0.05, 0.1) is 31.4 Å². The van der Waals surface area contributed by atoms with Gasteiger partial charge in [-0.15, -0.1) is 0 Å². The predicted molar refractivity (Wildman–Crippen MR) is 120 cm³/mol. The van der Waals surface area contributed by atoms with Gasteiger partial charge in [0.25, 0.3) is 5.56 Å². The number of carbonyl (C=O) groups excluding carboxylic acids is 2. The summed E-state index contributed by atoms with van der Waals surface area (Å²) in [4.78, 5) is 47.8. The van der Waals surface area contributed by atoms with Gasteiger partial charge in [0.2, 0.25) is 17.8 Å². The number of aromatic nitrogens is 2. The van der Waals surface area contributed by atoms with E-state index in [2.05, 4.69) is 27.5 Å². The minimum absolute atomic E-state index is 0.136. The van der Waals surface area contributed by atoms with Gasteiger partial charge >= 0.3 is 0 Å². The second kappa shape index (κ2) is 8.89. The van der Waals surface area contributed by atoms with E-state index in [1.54, 1.807) is 18.2 Å². The van der Waals surface area contributed by atoms with E-state index in [0.717, 1.165) is 25.9 Å². The number of amides is 2. The van der Waals surface area contributed by atoms with Crippen LogP contribution in [0.15, 0.2) is 23.0 Å². The standard InChI is InChI=1S/C22H27N5O5/c1-12-6-8-27(9-7-12)22-25-19-18(21(30)26-22)14(11-17(28)24-19)20(29)23-15-10-13(31-2)4-5-16(15)32-3/h4-5,10,12,14H,6-9,11H2,1-3H3,(H,23,29)(H2,24,25,26,28,30). The van der Waals surface area contributed by atoms with E-state index in [1.165, 1.54) is 14.2 Å². The Bertz CT molecular complexity index is 1090. The Morgan fingerprint density at radius 2 is 1.94 bits per heavy atom. The Kier molecular flexibility index (Phi) is 6.02. The summed E-state index contributed by atoms with van der Waals surface area (Å²) in [7, 11) is 3.00. The van der Waals surface area contributed by atoms with Crippen LogP contribution in [-0.2, 0) is 9.59 Å². The zero-order chi connectivity index (χ0) is 22.8. The van der Waals surface area contributed by atoms with Crippen LogP contribution in [0.1, 0.15) is 37.7 Å². The summed E-state index contributed by atoms with van der Waals surface area (Å²) in [5.41, 5.74) is 0.104. The van der Waals surface area contributed by atoms with Crippen LogP contribution in [-0.4, -0.2) is 49.1 Å². The minimum atomic E-state index is -0.985. The Morgan fingerprint density at radius 1 is 1.19 bits per heavy atom. The third kappa shape index (κ3) is 4.25. The van der Waals surface area contributed by atoms with Gasteiger partial charge in [0.1, 0.15) is 17.3 Å². The van der Waals surface area contributed by atoms with Crippen molar-refractivity contribution < 1.29 is 19.1 Å². The molecule has 10 nitrogen and oxygen atoms in total. The molecule has 3 N–H and O–H groups in total. The van der Waals surface area contributed by atoms with E-state index in [4.69, 9.17) is 9.47 Å². The summed E-state index contributed by atoms with van der Waals surface area (Å²) in [6, 6.07) is 4.98. The largest absolute Gasteiger partial charge is 0.497 e. The Labute approximate surface area is 185 Å². The number of anilines is 3. The number of piperidine rings is 1. The molecule has 0 aliphatic carbocycles. The van der Waals surface area contributed by atoms with E-state index in [0.29, 0.717) is 29.1 Å². The molecule has 0 bridgehead atoms. The number of nitrogens with zero attached hydrogens (tertiary/aromatic N) is 2. The molecule has 2 aliphatic heterocycles. The first-order valence-electron chi connectivity index (χ1n) is 10.6. The maximum atomic E-state index is 13.1. The lowest BCUT2D eigenvalue weighted by Crippen LogP contribution is -2.39. The number of hydrogen-bond acceptors (Lipinski definition) is 7. The number of H-pyrrole nitrogens is 1. The molecule has 2 amide bonds. The Morgan fingerprint density at radius 3 is 2.62 bits per heavy atom. The second-order valence-electron chi connectivity index (χ2n) is 8.18. The highest BCUT2D eigenvalue weighted by molar-refractivity contribution is 6.05. The van der Waals surface area contributed by atoms with Crippen molar-refractivity contribution in [2.75, 3.05) is 42.8 Å². The normalized spacial score (nSPS) is 18.5. The van der Waals surface area contributed by atoms with Gasteiger partial charge in [-0.2, -0.15) is 4.98 Å². The third-order valence-electron chi connectivity index (χ3n) is 6.00. The van der Waals surface area contributed by atoms with Crippen LogP contribution in [0.4, 0.5) is 17.5 Å². The monoisotopic (exact) mass is 441 g/mol. The van der Waals surface area contributed by atoms with Gasteiger partial charge in [0.15, 0.2) is 0 Å². The molecule has 0 spiro atoms. The summed E-state index contributed by atoms with van der Waals surface area (Å²) >= 11 is 0. The molecular weight excluding hydrogens is 414 g/mol. The van der Waals surface area contributed by atoms with Gasteiger partial charge in [-0.1, -0.05) is 6.92 Å². The number of fused-ring (bicyclic) bond motifs is 1. The molecule has 0 radical (unpaired) electrons. The summed E-state index contributed by atoms with van der Waals surface area (Å²) in [5, 5.41) is 5.42. The first-order chi connectivity index (χ1) is 15.4. The van der Waals surface area contributed by atoms with Gasteiger partial charge < -0.3 is 25.0 Å². The van der Waals surface area contributed by atoms with Crippen molar-refractivity contribution in [2.24, 2.45) is 5.92 Å². The van der Waals surface area contributed by atoms with E-state index in [-0.39, 0.29) is 23.7 Å². The topological polar surface area (TPSA) is 126 Å². The first kappa shape index (κ1) is 21.7. The molecule has 1 aromatic heterocycles. The molecule has 1 fully saturated rings. The van der Waals surface area contributed by atoms with Crippen LogP contribution in [0.3, 0.4) is 0 Å². The molecule has 32 heavy (non-hydrogen) atoms. The maximum absolute atomic E-state index is 13.1. The third-order valence-corrected chi connectivity index (χ3v) is 6.00. The summed E-state index contributed by atoms with van der Waals surface area (Å²) in [6.07, 6.45) is 1.84. The van der Waals surface area contributed by atoms with Crippen LogP contribution in [0.5, 0.6) is 11.5 Å². The molecule has 2 aliphatic rings. The van der Waals surface area contributed by atoms with Gasteiger partial charge in [-0.25, -0.2) is 0 Å². The average molecular weight is 441 g/mol. The van der Waals surface area contributed by atoms with Gasteiger partial charge in [-0.05, 0) is 30.9 Å². The SMILES string of the molecule is COc1ccc(OC)c(NC(=O)C2CC(=O)Nc3nc(N4CCC(C)CC4)[nH]c(=O)c32)c1. The zero-order valence-corrected chi connectivity index (χ0v) is 18.4. The number of aromatic amines is 1. The van der Waals surface area contributed by atoms with Crippen LogP contribution in [0, 0.1) is 5.92 Å². The summed E-state index contributed by atoms with van der Waals surface area (Å²) < 4.78 is 10.5. The van der Waals surface area contributed by atoms with Crippen LogP contribution >= 0.6 is 0 Å². The number of methoxy groups -OCH3 is 2. The van der Waals surface area contributed by atoms with Crippen molar-refractivity contribution in [3.8, 4) is 11.5 Å². The number of ether oxygens (including phenoxy) is 2. The molecule has 4 rings (SSSR count). The maximum Gasteiger partial charge on any atom is 0.258 e. The number of nitrogens with one attached hydrogen (secondary N) is 3. The van der Waals surface area contributed by atoms with Gasteiger partial charge in [-0.3, -0.25) is 19.4 Å². The van der Waals surface area contributed by atoms with Gasteiger partial charge in [0, 0.05) is 25.6 Å². The number of hydrogen-bond donors (Lipinski definition) is 3. The van der Waals surface area contributed by atoms with E-state index in [1.807, 2.05) is 4.90 Å². The second-order valence-corrected chi connectivity index (χ2v) is 8.18. The summed E-state index contributed by atoms with van der Waals surface area (Å²) in [6.45, 7) is 3.74. The molecule has 0 saturated carbocycles. The van der Waals surface area contributed by atoms with Crippen LogP contribution in [0.2, 0.25) is 0 Å². The fourth-order valence-electron chi connectivity index (χ4n) is 4.09. The van der Waals surface area contributed by atoms with E-state index < -0.39 is 17.4 Å². The Hall–Kier alpha value is -3.56. The van der Waals surface area contributed by atoms with Crippen molar-refractivity contribution in [3.05, 3.63) is 34.1 Å². The molecular formula is C22H27N5O5. The minimum Gasteiger partial charge on any atom is -0.497 e. The van der Waals surface area contributed by atoms with E-state index >= 15 is 0 Å². The molecule has 10 heteroatoms. The lowest BCUT2D eigenvalue weighted by atomic mass is 9.92. The highest BCUT2D eigenvalue weighted by Gasteiger charge is 2.35. The fourth-order valence-corrected chi connectivity index (χ4v) is 4.09. The highest BCUT2D eigenvalue weighted by Crippen LogP contribution is 2.33. The molecule has 170 valence electrons. The first-order valence-corrected chi connectivity index (χ1v) is 10.6. The molecule has 1 atom stereocenters. The molecule has 1 saturated heterocycles.